The minimum atomic E-state index is -4.75. The average Bonchev–Trinajstić information content (AvgIpc) is 3.51. The van der Waals surface area contributed by atoms with Gasteiger partial charge in [-0.3, -0.25) is 9.59 Å². The highest BCUT2D eigenvalue weighted by atomic mass is 19.4. The van der Waals surface area contributed by atoms with Crippen LogP contribution in [0.5, 0.6) is 0 Å². The van der Waals surface area contributed by atoms with Crippen molar-refractivity contribution in [3.05, 3.63) is 70.5 Å². The van der Waals surface area contributed by atoms with Gasteiger partial charge in [-0.2, -0.15) is 26.3 Å². The molecule has 0 aromatic heterocycles. The minimum absolute atomic E-state index is 0.0392. The van der Waals surface area contributed by atoms with Crippen molar-refractivity contribution < 1.29 is 40.3 Å². The Bertz CT molecular complexity index is 1190. The molecule has 1 saturated heterocycles. The third-order valence-corrected chi connectivity index (χ3v) is 7.23. The van der Waals surface area contributed by atoms with E-state index >= 15 is 0 Å². The third-order valence-electron chi connectivity index (χ3n) is 7.23. The predicted molar refractivity (Wildman–Crippen MR) is 123 cm³/mol. The zero-order valence-corrected chi connectivity index (χ0v) is 20.3. The lowest BCUT2D eigenvalue weighted by atomic mass is 9.92. The predicted octanol–water partition coefficient (Wildman–Crippen LogP) is 4.44. The van der Waals surface area contributed by atoms with E-state index in [1.165, 1.54) is 17.0 Å². The Morgan fingerprint density at radius 3 is 2.11 bits per heavy atom. The summed E-state index contributed by atoms with van der Waals surface area (Å²) in [5.74, 6) is -2.33. The maximum atomic E-state index is 14.7. The second-order valence-electron chi connectivity index (χ2n) is 9.76. The number of hydrogen-bond acceptors (Lipinski definition) is 3. The second kappa shape index (κ2) is 10.2. The van der Waals surface area contributed by atoms with Crippen LogP contribution >= 0.6 is 0 Å². The Kier molecular flexibility index (Phi) is 7.48. The molecule has 38 heavy (non-hydrogen) atoms. The molecule has 12 heteroatoms. The number of carbonyl (C=O) groups is 2. The number of hydrogen-bond donors (Lipinski definition) is 2. The molecule has 2 amide bonds. The molecule has 1 aliphatic carbocycles. The molecule has 4 rings (SSSR count). The van der Waals surface area contributed by atoms with Crippen molar-refractivity contribution in [2.75, 3.05) is 20.1 Å². The first kappa shape index (κ1) is 27.9. The molecule has 206 valence electrons. The van der Waals surface area contributed by atoms with Crippen LogP contribution in [0.3, 0.4) is 0 Å². The quantitative estimate of drug-likeness (QED) is 0.506. The molecule has 2 unspecified atom stereocenters. The van der Waals surface area contributed by atoms with Crippen LogP contribution in [0.15, 0.2) is 42.5 Å². The van der Waals surface area contributed by atoms with Gasteiger partial charge in [0.05, 0.1) is 16.5 Å². The van der Waals surface area contributed by atoms with E-state index in [9.17, 15) is 40.3 Å². The first-order valence-corrected chi connectivity index (χ1v) is 12.0. The maximum absolute atomic E-state index is 14.7. The van der Waals surface area contributed by atoms with Crippen molar-refractivity contribution in [2.45, 2.75) is 55.5 Å². The molecule has 0 bridgehead atoms. The lowest BCUT2D eigenvalue weighted by molar-refractivity contribution is -0.138. The first-order valence-electron chi connectivity index (χ1n) is 12.0. The number of halogens is 7. The van der Waals surface area contributed by atoms with Gasteiger partial charge in [-0.15, -0.1) is 0 Å². The van der Waals surface area contributed by atoms with E-state index in [2.05, 4.69) is 10.6 Å². The zero-order chi connectivity index (χ0) is 27.9. The molecular weight excluding hydrogens is 519 g/mol. The monoisotopic (exact) mass is 545 g/mol. The summed E-state index contributed by atoms with van der Waals surface area (Å²) in [5.41, 5.74) is -3.30. The first-order chi connectivity index (χ1) is 17.7. The largest absolute Gasteiger partial charge is 0.416 e. The van der Waals surface area contributed by atoms with Gasteiger partial charge in [0.25, 0.3) is 0 Å². The molecular formula is C26H26F7N3O2. The standard InChI is InChI=1S/C26H26F7N3O2/c1-34-18-8-11-36(14-18)22(37)21(12-15-2-4-16(5-3-15)25(28,29)30)35-23(38)24(9-10-24)19-7-6-17(13-20(19)27)26(31,32)33/h2-7,13,18,21,34H,8-12,14H2,1H3,(H,35,38). The van der Waals surface area contributed by atoms with Gasteiger partial charge in [-0.25, -0.2) is 4.39 Å². The summed E-state index contributed by atoms with van der Waals surface area (Å²) < 4.78 is 92.5. The summed E-state index contributed by atoms with van der Waals surface area (Å²) in [4.78, 5) is 28.3. The van der Waals surface area contributed by atoms with Crippen molar-refractivity contribution in [1.82, 2.24) is 15.5 Å². The number of benzene rings is 2. The zero-order valence-electron chi connectivity index (χ0n) is 20.3. The van der Waals surface area contributed by atoms with Crippen LogP contribution in [-0.4, -0.2) is 48.9 Å². The smallest absolute Gasteiger partial charge is 0.343 e. The van der Waals surface area contributed by atoms with Crippen LogP contribution in [0.4, 0.5) is 30.7 Å². The van der Waals surface area contributed by atoms with Gasteiger partial charge in [-0.05, 0) is 56.1 Å². The minimum Gasteiger partial charge on any atom is -0.343 e. The highest BCUT2D eigenvalue weighted by Crippen LogP contribution is 2.50. The summed E-state index contributed by atoms with van der Waals surface area (Å²) in [5, 5.41) is 5.70. The lowest BCUT2D eigenvalue weighted by Gasteiger charge is -2.27. The summed E-state index contributed by atoms with van der Waals surface area (Å²) in [6.07, 6.45) is -8.39. The summed E-state index contributed by atoms with van der Waals surface area (Å²) >= 11 is 0. The number of alkyl halides is 6. The number of likely N-dealkylation sites (tertiary alicyclic amines) is 1. The molecule has 0 radical (unpaired) electrons. The van der Waals surface area contributed by atoms with Gasteiger partial charge in [0.2, 0.25) is 11.8 Å². The van der Waals surface area contributed by atoms with Crippen molar-refractivity contribution in [3.63, 3.8) is 0 Å². The normalized spacial score (nSPS) is 19.8. The van der Waals surface area contributed by atoms with E-state index in [0.29, 0.717) is 37.2 Å². The Morgan fingerprint density at radius 2 is 1.61 bits per heavy atom. The van der Waals surface area contributed by atoms with E-state index in [-0.39, 0.29) is 30.9 Å². The Morgan fingerprint density at radius 1 is 1.00 bits per heavy atom. The molecule has 1 heterocycles. The van der Waals surface area contributed by atoms with E-state index in [0.717, 1.165) is 18.2 Å². The van der Waals surface area contributed by atoms with Gasteiger partial charge in [0, 0.05) is 31.1 Å². The van der Waals surface area contributed by atoms with Crippen molar-refractivity contribution >= 4 is 11.8 Å². The molecule has 1 saturated carbocycles. The Hall–Kier alpha value is -3.15. The number of nitrogens with one attached hydrogen (secondary N) is 2. The van der Waals surface area contributed by atoms with E-state index < -0.39 is 52.6 Å². The fourth-order valence-corrected chi connectivity index (χ4v) is 4.80. The summed E-state index contributed by atoms with van der Waals surface area (Å²) in [6.45, 7) is 0.774. The molecule has 2 fully saturated rings. The highest BCUT2D eigenvalue weighted by molar-refractivity contribution is 5.95. The number of carbonyl (C=O) groups excluding carboxylic acids is 2. The summed E-state index contributed by atoms with van der Waals surface area (Å²) in [7, 11) is 1.75. The summed E-state index contributed by atoms with van der Waals surface area (Å²) in [6, 6.07) is 5.07. The molecule has 0 spiro atoms. The van der Waals surface area contributed by atoms with Crippen LogP contribution in [0.25, 0.3) is 0 Å². The van der Waals surface area contributed by atoms with Crippen molar-refractivity contribution in [2.24, 2.45) is 0 Å². The molecule has 2 atom stereocenters. The van der Waals surface area contributed by atoms with Gasteiger partial charge in [0.1, 0.15) is 11.9 Å². The van der Waals surface area contributed by atoms with Gasteiger partial charge >= 0.3 is 12.4 Å². The van der Waals surface area contributed by atoms with E-state index in [1.807, 2.05) is 0 Å². The second-order valence-corrected chi connectivity index (χ2v) is 9.76. The van der Waals surface area contributed by atoms with E-state index in [4.69, 9.17) is 0 Å². The molecule has 2 aromatic rings. The van der Waals surface area contributed by atoms with Crippen molar-refractivity contribution in [1.29, 1.82) is 0 Å². The van der Waals surface area contributed by atoms with Crippen LogP contribution in [-0.2, 0) is 33.8 Å². The maximum Gasteiger partial charge on any atom is 0.416 e. The number of amides is 2. The molecule has 2 aromatic carbocycles. The average molecular weight is 545 g/mol. The number of nitrogens with zero attached hydrogens (tertiary/aromatic N) is 1. The Labute approximate surface area is 214 Å². The number of likely N-dealkylation sites (N-methyl/N-ethyl adjacent to an activating group) is 1. The van der Waals surface area contributed by atoms with Gasteiger partial charge < -0.3 is 15.5 Å². The number of rotatable bonds is 7. The van der Waals surface area contributed by atoms with Gasteiger partial charge in [-0.1, -0.05) is 18.2 Å². The molecule has 1 aliphatic heterocycles. The van der Waals surface area contributed by atoms with Crippen LogP contribution in [0, 0.1) is 5.82 Å². The molecule has 2 aliphatic rings. The highest BCUT2D eigenvalue weighted by Gasteiger charge is 2.54. The van der Waals surface area contributed by atoms with Crippen LogP contribution in [0.1, 0.15) is 41.5 Å². The van der Waals surface area contributed by atoms with Crippen molar-refractivity contribution in [3.8, 4) is 0 Å². The van der Waals surface area contributed by atoms with E-state index in [1.54, 1.807) is 7.05 Å². The fraction of sp³-hybridized carbons (Fsp3) is 0.462. The molecule has 2 N–H and O–H groups in total. The molecule has 5 nitrogen and oxygen atoms in total. The lowest BCUT2D eigenvalue weighted by Crippen LogP contribution is -2.52. The third kappa shape index (κ3) is 5.79. The fourth-order valence-electron chi connectivity index (χ4n) is 4.80. The topological polar surface area (TPSA) is 61.4 Å². The van der Waals surface area contributed by atoms with Crippen LogP contribution < -0.4 is 10.6 Å². The Balaban J connectivity index is 1.57. The van der Waals surface area contributed by atoms with Crippen LogP contribution in [0.2, 0.25) is 0 Å². The van der Waals surface area contributed by atoms with Gasteiger partial charge in [0.15, 0.2) is 0 Å². The SMILES string of the molecule is CNC1CCN(C(=O)C(Cc2ccc(C(F)(F)F)cc2)NC(=O)C2(c3ccc(C(F)(F)F)cc3F)CC2)C1.